The first-order valence-corrected chi connectivity index (χ1v) is 3.90. The van der Waals surface area contributed by atoms with E-state index in [1.54, 1.807) is 13.8 Å². The number of hydrogen-bond donors (Lipinski definition) is 1. The second-order valence-electron chi connectivity index (χ2n) is 2.83. The Morgan fingerprint density at radius 3 is 2.45 bits per heavy atom. The summed E-state index contributed by atoms with van der Waals surface area (Å²) in [5, 5.41) is 9.42. The maximum atomic E-state index is 10.8. The SMILES string of the molecule is CCOC(=O)CC(C)(O)CC. The molecule has 0 spiro atoms. The average molecular weight is 160 g/mol. The third-order valence-electron chi connectivity index (χ3n) is 1.59. The van der Waals surface area contributed by atoms with E-state index in [1.807, 2.05) is 6.92 Å². The van der Waals surface area contributed by atoms with E-state index in [-0.39, 0.29) is 12.4 Å². The molecule has 3 nitrogen and oxygen atoms in total. The topological polar surface area (TPSA) is 46.5 Å². The maximum Gasteiger partial charge on any atom is 0.308 e. The number of aliphatic hydroxyl groups is 1. The van der Waals surface area contributed by atoms with Crippen LogP contribution in [0.25, 0.3) is 0 Å². The van der Waals surface area contributed by atoms with Crippen LogP contribution >= 0.6 is 0 Å². The Bertz CT molecular complexity index is 129. The van der Waals surface area contributed by atoms with Crippen LogP contribution in [0, 0.1) is 0 Å². The molecule has 1 unspecified atom stereocenters. The van der Waals surface area contributed by atoms with Crippen molar-refractivity contribution < 1.29 is 14.6 Å². The smallest absolute Gasteiger partial charge is 0.308 e. The Kier molecular flexibility index (Phi) is 4.11. The third-order valence-corrected chi connectivity index (χ3v) is 1.59. The van der Waals surface area contributed by atoms with Gasteiger partial charge in [-0.15, -0.1) is 0 Å². The summed E-state index contributed by atoms with van der Waals surface area (Å²) >= 11 is 0. The number of hydrogen-bond acceptors (Lipinski definition) is 3. The first kappa shape index (κ1) is 10.4. The van der Waals surface area contributed by atoms with E-state index in [4.69, 9.17) is 0 Å². The van der Waals surface area contributed by atoms with Crippen LogP contribution < -0.4 is 0 Å². The lowest BCUT2D eigenvalue weighted by Gasteiger charge is -2.19. The molecular formula is C8H16O3. The van der Waals surface area contributed by atoms with Gasteiger partial charge in [-0.25, -0.2) is 0 Å². The maximum absolute atomic E-state index is 10.8. The molecule has 0 radical (unpaired) electrons. The van der Waals surface area contributed by atoms with Gasteiger partial charge in [-0.1, -0.05) is 6.92 Å². The normalized spacial score (nSPS) is 15.6. The summed E-state index contributed by atoms with van der Waals surface area (Å²) in [7, 11) is 0. The second-order valence-corrected chi connectivity index (χ2v) is 2.83. The summed E-state index contributed by atoms with van der Waals surface area (Å²) in [6.45, 7) is 5.58. The lowest BCUT2D eigenvalue weighted by molar-refractivity contribution is -0.148. The van der Waals surface area contributed by atoms with Crippen LogP contribution in [0.5, 0.6) is 0 Å². The van der Waals surface area contributed by atoms with Gasteiger partial charge in [0.2, 0.25) is 0 Å². The third kappa shape index (κ3) is 4.79. The van der Waals surface area contributed by atoms with Crippen LogP contribution in [0.3, 0.4) is 0 Å². The first-order chi connectivity index (χ1) is 5.02. The van der Waals surface area contributed by atoms with Crippen LogP contribution in [0.2, 0.25) is 0 Å². The number of esters is 1. The number of carbonyl (C=O) groups is 1. The van der Waals surface area contributed by atoms with Crippen molar-refractivity contribution in [1.29, 1.82) is 0 Å². The summed E-state index contributed by atoms with van der Waals surface area (Å²) in [5.41, 5.74) is -0.910. The summed E-state index contributed by atoms with van der Waals surface area (Å²) in [6, 6.07) is 0. The Hall–Kier alpha value is -0.570. The molecule has 0 aromatic carbocycles. The fraction of sp³-hybridized carbons (Fsp3) is 0.875. The van der Waals surface area contributed by atoms with Crippen molar-refractivity contribution in [2.45, 2.75) is 39.2 Å². The molecule has 1 N–H and O–H groups in total. The van der Waals surface area contributed by atoms with Gasteiger partial charge < -0.3 is 9.84 Å². The zero-order valence-electron chi connectivity index (χ0n) is 7.39. The highest BCUT2D eigenvalue weighted by molar-refractivity contribution is 5.70. The Labute approximate surface area is 67.4 Å². The van der Waals surface area contributed by atoms with E-state index >= 15 is 0 Å². The van der Waals surface area contributed by atoms with Crippen molar-refractivity contribution in [3.05, 3.63) is 0 Å². The highest BCUT2D eigenvalue weighted by Crippen LogP contribution is 2.13. The molecule has 66 valence electrons. The minimum absolute atomic E-state index is 0.0807. The van der Waals surface area contributed by atoms with E-state index in [0.717, 1.165) is 0 Å². The number of rotatable bonds is 4. The van der Waals surface area contributed by atoms with Gasteiger partial charge in [-0.2, -0.15) is 0 Å². The van der Waals surface area contributed by atoms with Gasteiger partial charge >= 0.3 is 5.97 Å². The first-order valence-electron chi connectivity index (χ1n) is 3.90. The molecule has 0 fully saturated rings. The van der Waals surface area contributed by atoms with Gasteiger partial charge in [-0.05, 0) is 20.3 Å². The average Bonchev–Trinajstić information content (AvgIpc) is 1.87. The van der Waals surface area contributed by atoms with Crippen LogP contribution in [-0.2, 0) is 9.53 Å². The van der Waals surface area contributed by atoms with Crippen LogP contribution in [-0.4, -0.2) is 23.3 Å². The van der Waals surface area contributed by atoms with E-state index < -0.39 is 5.60 Å². The van der Waals surface area contributed by atoms with Crippen LogP contribution in [0.1, 0.15) is 33.6 Å². The monoisotopic (exact) mass is 160 g/mol. The summed E-state index contributed by atoms with van der Waals surface area (Å²) < 4.78 is 4.68. The summed E-state index contributed by atoms with van der Waals surface area (Å²) in [4.78, 5) is 10.8. The van der Waals surface area contributed by atoms with Crippen molar-refractivity contribution >= 4 is 5.97 Å². The van der Waals surface area contributed by atoms with E-state index in [0.29, 0.717) is 13.0 Å². The van der Waals surface area contributed by atoms with Crippen molar-refractivity contribution in [2.24, 2.45) is 0 Å². The Morgan fingerprint density at radius 1 is 1.55 bits per heavy atom. The van der Waals surface area contributed by atoms with E-state index in [1.165, 1.54) is 0 Å². The molecule has 0 saturated carbocycles. The molecule has 0 aliphatic rings. The quantitative estimate of drug-likeness (QED) is 0.626. The van der Waals surface area contributed by atoms with E-state index in [9.17, 15) is 9.90 Å². The molecule has 11 heavy (non-hydrogen) atoms. The minimum Gasteiger partial charge on any atom is -0.466 e. The highest BCUT2D eigenvalue weighted by Gasteiger charge is 2.22. The minimum atomic E-state index is -0.910. The van der Waals surface area contributed by atoms with Crippen molar-refractivity contribution in [3.63, 3.8) is 0 Å². The van der Waals surface area contributed by atoms with Crippen molar-refractivity contribution in [3.8, 4) is 0 Å². The summed E-state index contributed by atoms with van der Waals surface area (Å²) in [5.74, 6) is -0.334. The molecule has 0 bridgehead atoms. The van der Waals surface area contributed by atoms with Gasteiger partial charge in [0.1, 0.15) is 0 Å². The van der Waals surface area contributed by atoms with Crippen molar-refractivity contribution in [1.82, 2.24) is 0 Å². The molecular weight excluding hydrogens is 144 g/mol. The molecule has 0 saturated heterocycles. The molecule has 0 rings (SSSR count). The van der Waals surface area contributed by atoms with Crippen LogP contribution in [0.4, 0.5) is 0 Å². The standard InChI is InChI=1S/C8H16O3/c1-4-8(3,10)6-7(9)11-5-2/h10H,4-6H2,1-3H3. The lowest BCUT2D eigenvalue weighted by Crippen LogP contribution is -2.27. The predicted octanol–water partition coefficient (Wildman–Crippen LogP) is 1.10. The lowest BCUT2D eigenvalue weighted by atomic mass is 10.00. The molecule has 0 aliphatic heterocycles. The van der Waals surface area contributed by atoms with Crippen LogP contribution in [0.15, 0.2) is 0 Å². The van der Waals surface area contributed by atoms with E-state index in [2.05, 4.69) is 4.74 Å². The van der Waals surface area contributed by atoms with Gasteiger partial charge in [0.25, 0.3) is 0 Å². The van der Waals surface area contributed by atoms with Crippen molar-refractivity contribution in [2.75, 3.05) is 6.61 Å². The summed E-state index contributed by atoms with van der Waals surface area (Å²) in [6.07, 6.45) is 0.642. The predicted molar refractivity (Wildman–Crippen MR) is 42.2 cm³/mol. The fourth-order valence-corrected chi connectivity index (χ4v) is 0.648. The molecule has 0 heterocycles. The Morgan fingerprint density at radius 2 is 2.09 bits per heavy atom. The number of ether oxygens (including phenoxy) is 1. The molecule has 0 aliphatic carbocycles. The molecule has 0 aromatic rings. The van der Waals surface area contributed by atoms with Gasteiger partial charge in [-0.3, -0.25) is 4.79 Å². The second kappa shape index (κ2) is 4.34. The zero-order valence-corrected chi connectivity index (χ0v) is 7.39. The molecule has 3 heteroatoms. The highest BCUT2D eigenvalue weighted by atomic mass is 16.5. The largest absolute Gasteiger partial charge is 0.466 e. The zero-order chi connectivity index (χ0) is 8.91. The van der Waals surface area contributed by atoms with Gasteiger partial charge in [0.15, 0.2) is 0 Å². The molecule has 1 atom stereocenters. The number of carbonyl (C=O) groups excluding carboxylic acids is 1. The fourth-order valence-electron chi connectivity index (χ4n) is 0.648. The Balaban J connectivity index is 3.74. The molecule has 0 amide bonds. The van der Waals surface area contributed by atoms with Gasteiger partial charge in [0, 0.05) is 0 Å². The molecule has 0 aromatic heterocycles. The van der Waals surface area contributed by atoms with Gasteiger partial charge in [0.05, 0.1) is 18.6 Å².